The summed E-state index contributed by atoms with van der Waals surface area (Å²) in [7, 11) is 1.49. The smallest absolute Gasteiger partial charge is 0.411 e. The zero-order chi connectivity index (χ0) is 14.6. The van der Waals surface area contributed by atoms with Gasteiger partial charge in [-0.3, -0.25) is 4.90 Å². The van der Waals surface area contributed by atoms with Crippen molar-refractivity contribution in [3.63, 3.8) is 0 Å². The summed E-state index contributed by atoms with van der Waals surface area (Å²) in [6.07, 6.45) is 0.844. The molecular formula is C12H19N3O4. The first-order chi connectivity index (χ1) is 8.76. The fourth-order valence-electron chi connectivity index (χ4n) is 1.48. The Morgan fingerprint density at radius 1 is 1.58 bits per heavy atom. The molecule has 0 saturated heterocycles. The highest BCUT2D eigenvalue weighted by Gasteiger charge is 2.31. The van der Waals surface area contributed by atoms with Crippen LogP contribution in [-0.2, 0) is 4.74 Å². The number of oxime groups is 1. The molecule has 0 aliphatic rings. The van der Waals surface area contributed by atoms with Gasteiger partial charge >= 0.3 is 6.09 Å². The number of amidine groups is 1. The topological polar surface area (TPSA) is 101 Å². The van der Waals surface area contributed by atoms with E-state index >= 15 is 0 Å². The molecule has 0 spiro atoms. The van der Waals surface area contributed by atoms with Crippen LogP contribution in [0, 0.1) is 0 Å². The number of hydrogen-bond acceptors (Lipinski definition) is 5. The summed E-state index contributed by atoms with van der Waals surface area (Å²) >= 11 is 0. The number of amides is 1. The lowest BCUT2D eigenvalue weighted by Gasteiger charge is -2.28. The molecule has 0 aliphatic carbocycles. The van der Waals surface area contributed by atoms with E-state index in [1.807, 2.05) is 0 Å². The summed E-state index contributed by atoms with van der Waals surface area (Å²) in [5.74, 6) is 0.215. The monoisotopic (exact) mass is 269 g/mol. The number of carbonyl (C=O) groups excluding carboxylic acids is 1. The van der Waals surface area contributed by atoms with Gasteiger partial charge in [0.2, 0.25) is 0 Å². The number of hydrogen-bond donors (Lipinski definition) is 2. The molecule has 106 valence electrons. The highest BCUT2D eigenvalue weighted by molar-refractivity contribution is 5.89. The molecule has 3 N–H and O–H groups in total. The molecule has 1 atom stereocenters. The lowest BCUT2D eigenvalue weighted by Crippen LogP contribution is -2.41. The number of carbonyl (C=O) groups is 1. The van der Waals surface area contributed by atoms with Crippen LogP contribution in [-0.4, -0.2) is 34.7 Å². The standard InChI is InChI=1S/C12H19N3O4/c1-12(2,3)19-11(16)15(4)9(10(13)14-17)8-6-5-7-18-8/h5-7,9,17H,1-4H3,(H2,13,14)/t9-/m1/s1. The molecule has 1 amide bonds. The molecule has 0 bridgehead atoms. The third-order valence-electron chi connectivity index (χ3n) is 2.28. The minimum absolute atomic E-state index is 0.164. The second-order valence-corrected chi connectivity index (χ2v) is 5.03. The predicted molar refractivity (Wildman–Crippen MR) is 68.9 cm³/mol. The summed E-state index contributed by atoms with van der Waals surface area (Å²) < 4.78 is 10.4. The van der Waals surface area contributed by atoms with E-state index in [0.717, 1.165) is 0 Å². The zero-order valence-corrected chi connectivity index (χ0v) is 11.5. The van der Waals surface area contributed by atoms with Crippen molar-refractivity contribution in [2.45, 2.75) is 32.4 Å². The first-order valence-corrected chi connectivity index (χ1v) is 5.73. The molecule has 7 nitrogen and oxygen atoms in total. The Bertz CT molecular complexity index is 448. The van der Waals surface area contributed by atoms with Crippen molar-refractivity contribution in [3.05, 3.63) is 24.2 Å². The van der Waals surface area contributed by atoms with Crippen LogP contribution in [0.15, 0.2) is 28.0 Å². The van der Waals surface area contributed by atoms with Crippen LogP contribution in [0.4, 0.5) is 4.79 Å². The number of likely N-dealkylation sites (N-methyl/N-ethyl adjacent to an activating group) is 1. The largest absolute Gasteiger partial charge is 0.467 e. The molecule has 7 heteroatoms. The molecule has 0 aromatic carbocycles. The van der Waals surface area contributed by atoms with Crippen LogP contribution in [0.1, 0.15) is 32.6 Å². The van der Waals surface area contributed by atoms with Crippen LogP contribution in [0.3, 0.4) is 0 Å². The van der Waals surface area contributed by atoms with Gasteiger partial charge in [0.15, 0.2) is 11.9 Å². The minimum atomic E-state index is -0.824. The second-order valence-electron chi connectivity index (χ2n) is 5.03. The Kier molecular flexibility index (Phi) is 4.42. The Labute approximate surface area is 111 Å². The van der Waals surface area contributed by atoms with Crippen LogP contribution in [0.25, 0.3) is 0 Å². The van der Waals surface area contributed by atoms with Gasteiger partial charge < -0.3 is 20.1 Å². The molecular weight excluding hydrogens is 250 g/mol. The first kappa shape index (κ1) is 14.9. The molecule has 0 radical (unpaired) electrons. The van der Waals surface area contributed by atoms with Crippen molar-refractivity contribution in [2.24, 2.45) is 10.9 Å². The normalized spacial score (nSPS) is 14.0. The van der Waals surface area contributed by atoms with Crippen molar-refractivity contribution >= 4 is 11.9 Å². The Hall–Kier alpha value is -2.18. The maximum atomic E-state index is 12.0. The second kappa shape index (κ2) is 5.64. The van der Waals surface area contributed by atoms with Gasteiger partial charge in [0.05, 0.1) is 6.26 Å². The van der Waals surface area contributed by atoms with Gasteiger partial charge in [-0.05, 0) is 32.9 Å². The summed E-state index contributed by atoms with van der Waals surface area (Å²) in [4.78, 5) is 13.2. The third-order valence-corrected chi connectivity index (χ3v) is 2.28. The zero-order valence-electron chi connectivity index (χ0n) is 11.5. The molecule has 0 unspecified atom stereocenters. The van der Waals surface area contributed by atoms with Gasteiger partial charge in [0.25, 0.3) is 0 Å². The van der Waals surface area contributed by atoms with E-state index in [-0.39, 0.29) is 5.84 Å². The lowest BCUT2D eigenvalue weighted by molar-refractivity contribution is 0.0250. The first-order valence-electron chi connectivity index (χ1n) is 5.73. The van der Waals surface area contributed by atoms with Gasteiger partial charge in [-0.1, -0.05) is 5.16 Å². The van der Waals surface area contributed by atoms with E-state index in [9.17, 15) is 4.79 Å². The van der Waals surface area contributed by atoms with E-state index in [0.29, 0.717) is 5.76 Å². The molecule has 1 aromatic heterocycles. The van der Waals surface area contributed by atoms with Crippen molar-refractivity contribution in [3.8, 4) is 0 Å². The Morgan fingerprint density at radius 3 is 2.63 bits per heavy atom. The number of ether oxygens (including phenoxy) is 1. The number of furan rings is 1. The van der Waals surface area contributed by atoms with Crippen molar-refractivity contribution < 1.29 is 19.2 Å². The molecule has 0 saturated carbocycles. The fraction of sp³-hybridized carbons (Fsp3) is 0.500. The van der Waals surface area contributed by atoms with Crippen LogP contribution >= 0.6 is 0 Å². The van der Waals surface area contributed by atoms with Gasteiger partial charge in [-0.15, -0.1) is 0 Å². The van der Waals surface area contributed by atoms with E-state index in [4.69, 9.17) is 20.1 Å². The number of nitrogens with two attached hydrogens (primary N) is 1. The summed E-state index contributed by atoms with van der Waals surface area (Å²) in [5, 5.41) is 11.7. The van der Waals surface area contributed by atoms with Crippen molar-refractivity contribution in [2.75, 3.05) is 7.05 Å². The maximum Gasteiger partial charge on any atom is 0.411 e. The molecule has 1 heterocycles. The Morgan fingerprint density at radius 2 is 2.21 bits per heavy atom. The number of nitrogens with zero attached hydrogens (tertiary/aromatic N) is 2. The van der Waals surface area contributed by atoms with Crippen LogP contribution in [0.2, 0.25) is 0 Å². The summed E-state index contributed by atoms with van der Waals surface area (Å²) in [6.45, 7) is 5.26. The predicted octanol–water partition coefficient (Wildman–Crippen LogP) is 1.93. The van der Waals surface area contributed by atoms with E-state index < -0.39 is 17.7 Å². The Balaban J connectivity index is 2.96. The molecule has 1 aromatic rings. The van der Waals surface area contributed by atoms with Crippen LogP contribution in [0.5, 0.6) is 0 Å². The quantitative estimate of drug-likeness (QED) is 0.378. The highest BCUT2D eigenvalue weighted by atomic mass is 16.6. The molecule has 19 heavy (non-hydrogen) atoms. The van der Waals surface area contributed by atoms with Gasteiger partial charge in [0, 0.05) is 7.05 Å². The molecule has 1 rings (SSSR count). The van der Waals surface area contributed by atoms with Crippen molar-refractivity contribution in [1.29, 1.82) is 0 Å². The summed E-state index contributed by atoms with van der Waals surface area (Å²) in [5.41, 5.74) is 4.97. The SMILES string of the molecule is CN(C(=O)OC(C)(C)C)[C@@H](C(N)=NO)c1ccco1. The van der Waals surface area contributed by atoms with Crippen LogP contribution < -0.4 is 5.73 Å². The van der Waals surface area contributed by atoms with E-state index in [2.05, 4.69) is 5.16 Å². The van der Waals surface area contributed by atoms with Gasteiger partial charge in [-0.2, -0.15) is 0 Å². The van der Waals surface area contributed by atoms with E-state index in [1.54, 1.807) is 32.9 Å². The third kappa shape index (κ3) is 3.90. The minimum Gasteiger partial charge on any atom is -0.467 e. The molecule has 0 fully saturated rings. The van der Waals surface area contributed by atoms with Crippen molar-refractivity contribution in [1.82, 2.24) is 4.90 Å². The number of rotatable bonds is 3. The van der Waals surface area contributed by atoms with Gasteiger partial charge in [0.1, 0.15) is 11.4 Å². The maximum absolute atomic E-state index is 12.0. The summed E-state index contributed by atoms with van der Waals surface area (Å²) in [6, 6.07) is 2.45. The van der Waals surface area contributed by atoms with Gasteiger partial charge in [-0.25, -0.2) is 4.79 Å². The average Bonchev–Trinajstić information content (AvgIpc) is 2.80. The lowest BCUT2D eigenvalue weighted by atomic mass is 10.2. The van der Waals surface area contributed by atoms with E-state index in [1.165, 1.54) is 18.2 Å². The average molecular weight is 269 g/mol. The molecule has 0 aliphatic heterocycles. The highest BCUT2D eigenvalue weighted by Crippen LogP contribution is 2.22. The fourth-order valence-corrected chi connectivity index (χ4v) is 1.48.